The number of aryl methyl sites for hydroxylation is 2. The van der Waals surface area contributed by atoms with E-state index in [1.165, 1.54) is 12.2 Å². The first-order chi connectivity index (χ1) is 8.52. The Morgan fingerprint density at radius 2 is 2.00 bits per heavy atom. The topological polar surface area (TPSA) is 42.4 Å². The van der Waals surface area contributed by atoms with E-state index in [0.717, 1.165) is 16.5 Å². The lowest BCUT2D eigenvalue weighted by Gasteiger charge is -2.15. The van der Waals surface area contributed by atoms with E-state index in [-0.39, 0.29) is 5.91 Å². The van der Waals surface area contributed by atoms with Crippen molar-refractivity contribution < 1.29 is 9.63 Å². The number of rotatable bonds is 2. The Labute approximate surface area is 106 Å². The number of carbonyl (C=O) groups excluding carboxylic acids is 1. The van der Waals surface area contributed by atoms with Crippen molar-refractivity contribution in [2.24, 2.45) is 0 Å². The van der Waals surface area contributed by atoms with Crippen LogP contribution in [0.25, 0.3) is 10.9 Å². The molecule has 0 bridgehead atoms. The molecule has 2 rings (SSSR count). The van der Waals surface area contributed by atoms with Gasteiger partial charge < -0.3 is 0 Å². The first-order valence-corrected chi connectivity index (χ1v) is 5.73. The van der Waals surface area contributed by atoms with Gasteiger partial charge in [0.2, 0.25) is 0 Å². The molecule has 0 aliphatic heterocycles. The molecule has 0 saturated heterocycles. The van der Waals surface area contributed by atoms with E-state index in [4.69, 9.17) is 4.84 Å². The highest BCUT2D eigenvalue weighted by Gasteiger charge is 2.15. The normalized spacial score (nSPS) is 10.7. The molecule has 1 heterocycles. The van der Waals surface area contributed by atoms with Gasteiger partial charge in [-0.25, -0.2) is 5.06 Å². The second kappa shape index (κ2) is 4.74. The summed E-state index contributed by atoms with van der Waals surface area (Å²) in [6.45, 7) is 3.85. The Hall–Kier alpha value is -1.94. The van der Waals surface area contributed by atoms with Gasteiger partial charge in [0.15, 0.2) is 0 Å². The summed E-state index contributed by atoms with van der Waals surface area (Å²) in [5.41, 5.74) is 3.34. The summed E-state index contributed by atoms with van der Waals surface area (Å²) in [5, 5.41) is 2.16. The van der Waals surface area contributed by atoms with E-state index < -0.39 is 0 Å². The third kappa shape index (κ3) is 2.19. The van der Waals surface area contributed by atoms with Crippen LogP contribution in [0.2, 0.25) is 0 Å². The Balaban J connectivity index is 2.56. The molecule has 0 aliphatic rings. The first kappa shape index (κ1) is 12.5. The van der Waals surface area contributed by atoms with Gasteiger partial charge in [-0.15, -0.1) is 0 Å². The molecule has 0 aliphatic carbocycles. The summed E-state index contributed by atoms with van der Waals surface area (Å²) < 4.78 is 0. The van der Waals surface area contributed by atoms with Crippen molar-refractivity contribution in [2.45, 2.75) is 13.8 Å². The molecule has 4 nitrogen and oxygen atoms in total. The van der Waals surface area contributed by atoms with Gasteiger partial charge in [0, 0.05) is 12.4 Å². The number of pyridine rings is 1. The standard InChI is InChI=1S/C14H16N2O2/c1-9-5-6-11-8-12(14(17)16(3)18-4)10(2)15-13(11)7-9/h5-8H,1-4H3. The van der Waals surface area contributed by atoms with Gasteiger partial charge in [-0.3, -0.25) is 14.6 Å². The number of hydrogen-bond donors (Lipinski definition) is 0. The van der Waals surface area contributed by atoms with Crippen LogP contribution in [0.3, 0.4) is 0 Å². The Kier molecular flexibility index (Phi) is 3.30. The van der Waals surface area contributed by atoms with Gasteiger partial charge in [-0.2, -0.15) is 0 Å². The van der Waals surface area contributed by atoms with E-state index in [1.807, 2.05) is 38.1 Å². The maximum atomic E-state index is 12.1. The molecular formula is C14H16N2O2. The molecule has 0 atom stereocenters. The van der Waals surface area contributed by atoms with Gasteiger partial charge in [0.1, 0.15) is 0 Å². The number of carbonyl (C=O) groups is 1. The summed E-state index contributed by atoms with van der Waals surface area (Å²) in [7, 11) is 3.05. The van der Waals surface area contributed by atoms with Crippen molar-refractivity contribution >= 4 is 16.8 Å². The van der Waals surface area contributed by atoms with Crippen LogP contribution >= 0.6 is 0 Å². The van der Waals surface area contributed by atoms with Crippen molar-refractivity contribution in [2.75, 3.05) is 14.2 Å². The highest BCUT2D eigenvalue weighted by atomic mass is 16.7. The molecular weight excluding hydrogens is 228 g/mol. The second-order valence-electron chi connectivity index (χ2n) is 4.30. The molecule has 0 radical (unpaired) electrons. The summed E-state index contributed by atoms with van der Waals surface area (Å²) in [6.07, 6.45) is 0. The molecule has 0 spiro atoms. The van der Waals surface area contributed by atoms with E-state index in [1.54, 1.807) is 7.05 Å². The predicted octanol–water partition coefficient (Wildman–Crippen LogP) is 2.49. The number of aromatic nitrogens is 1. The molecule has 1 amide bonds. The summed E-state index contributed by atoms with van der Waals surface area (Å²) in [4.78, 5) is 21.4. The highest BCUT2D eigenvalue weighted by molar-refractivity contribution is 5.98. The SMILES string of the molecule is CON(C)C(=O)c1cc2ccc(C)cc2nc1C. The Morgan fingerprint density at radius 3 is 2.67 bits per heavy atom. The molecule has 94 valence electrons. The van der Waals surface area contributed by atoms with Crippen LogP contribution in [0, 0.1) is 13.8 Å². The number of hydroxylamine groups is 2. The van der Waals surface area contributed by atoms with Crippen LogP contribution in [0.5, 0.6) is 0 Å². The van der Waals surface area contributed by atoms with Gasteiger partial charge in [0.05, 0.1) is 23.9 Å². The fraction of sp³-hybridized carbons (Fsp3) is 0.286. The minimum atomic E-state index is -0.190. The van der Waals surface area contributed by atoms with Crippen molar-refractivity contribution in [3.05, 3.63) is 41.1 Å². The molecule has 1 aromatic heterocycles. The quantitative estimate of drug-likeness (QED) is 0.762. The second-order valence-corrected chi connectivity index (χ2v) is 4.30. The third-order valence-corrected chi connectivity index (χ3v) is 2.95. The average molecular weight is 244 g/mol. The van der Waals surface area contributed by atoms with Gasteiger partial charge in [0.25, 0.3) is 5.91 Å². The monoisotopic (exact) mass is 244 g/mol. The lowest BCUT2D eigenvalue weighted by Crippen LogP contribution is -2.26. The highest BCUT2D eigenvalue weighted by Crippen LogP contribution is 2.19. The fourth-order valence-corrected chi connectivity index (χ4v) is 1.84. The van der Waals surface area contributed by atoms with E-state index in [9.17, 15) is 4.79 Å². The lowest BCUT2D eigenvalue weighted by molar-refractivity contribution is -0.0757. The van der Waals surface area contributed by atoms with E-state index >= 15 is 0 Å². The smallest absolute Gasteiger partial charge is 0.274 e. The zero-order chi connectivity index (χ0) is 13.3. The van der Waals surface area contributed by atoms with Gasteiger partial charge in [-0.05, 0) is 31.5 Å². The van der Waals surface area contributed by atoms with Gasteiger partial charge >= 0.3 is 0 Å². The molecule has 0 unspecified atom stereocenters. The fourth-order valence-electron chi connectivity index (χ4n) is 1.84. The van der Waals surface area contributed by atoms with Crippen molar-refractivity contribution in [3.63, 3.8) is 0 Å². The molecule has 0 N–H and O–H groups in total. The van der Waals surface area contributed by atoms with Crippen molar-refractivity contribution in [1.29, 1.82) is 0 Å². The van der Waals surface area contributed by atoms with Crippen LogP contribution in [0.4, 0.5) is 0 Å². The van der Waals surface area contributed by atoms with Crippen LogP contribution < -0.4 is 0 Å². The first-order valence-electron chi connectivity index (χ1n) is 5.73. The van der Waals surface area contributed by atoms with Crippen LogP contribution in [-0.2, 0) is 4.84 Å². The zero-order valence-electron chi connectivity index (χ0n) is 11.0. The number of nitrogens with zero attached hydrogens (tertiary/aromatic N) is 2. The molecule has 0 saturated carbocycles. The predicted molar refractivity (Wildman–Crippen MR) is 70.3 cm³/mol. The van der Waals surface area contributed by atoms with Crippen LogP contribution in [-0.4, -0.2) is 30.1 Å². The largest absolute Gasteiger partial charge is 0.279 e. The summed E-state index contributed by atoms with van der Waals surface area (Å²) in [6, 6.07) is 7.85. The average Bonchev–Trinajstić information content (AvgIpc) is 2.36. The summed E-state index contributed by atoms with van der Waals surface area (Å²) in [5.74, 6) is -0.190. The van der Waals surface area contributed by atoms with Crippen molar-refractivity contribution in [1.82, 2.24) is 10.0 Å². The van der Waals surface area contributed by atoms with Crippen LogP contribution in [0.1, 0.15) is 21.6 Å². The number of amides is 1. The Bertz CT molecular complexity index is 608. The van der Waals surface area contributed by atoms with Crippen molar-refractivity contribution in [3.8, 4) is 0 Å². The van der Waals surface area contributed by atoms with E-state index in [2.05, 4.69) is 4.98 Å². The maximum Gasteiger partial charge on any atom is 0.279 e. The third-order valence-electron chi connectivity index (χ3n) is 2.95. The van der Waals surface area contributed by atoms with Gasteiger partial charge in [-0.1, -0.05) is 12.1 Å². The molecule has 1 aromatic carbocycles. The zero-order valence-corrected chi connectivity index (χ0v) is 11.0. The number of benzene rings is 1. The minimum absolute atomic E-state index is 0.190. The molecule has 0 fully saturated rings. The number of hydrogen-bond acceptors (Lipinski definition) is 3. The molecule has 4 heteroatoms. The van der Waals surface area contributed by atoms with Crippen LogP contribution in [0.15, 0.2) is 24.3 Å². The number of fused-ring (bicyclic) bond motifs is 1. The lowest BCUT2D eigenvalue weighted by atomic mass is 10.1. The maximum absolute atomic E-state index is 12.1. The van der Waals surface area contributed by atoms with E-state index in [0.29, 0.717) is 11.3 Å². The summed E-state index contributed by atoms with van der Waals surface area (Å²) >= 11 is 0. The minimum Gasteiger partial charge on any atom is -0.274 e. The Morgan fingerprint density at radius 1 is 1.28 bits per heavy atom. The molecule has 18 heavy (non-hydrogen) atoms. The molecule has 2 aromatic rings.